The number of anilines is 1. The second-order valence-electron chi connectivity index (χ2n) is 5.61. The number of ether oxygens (including phenoxy) is 2. The van der Waals surface area contributed by atoms with Gasteiger partial charge >= 0.3 is 11.9 Å². The molecule has 0 saturated heterocycles. The highest BCUT2D eigenvalue weighted by atomic mass is 35.5. The highest BCUT2D eigenvalue weighted by Gasteiger charge is 2.21. The molecule has 0 aliphatic carbocycles. The average molecular weight is 459 g/mol. The molecule has 0 aliphatic heterocycles. The minimum absolute atomic E-state index is 0.0140. The molecule has 0 aliphatic rings. The number of carbonyl (C=O) groups excluding carboxylic acids is 2. The van der Waals surface area contributed by atoms with Gasteiger partial charge in [0.1, 0.15) is 4.90 Å². The average Bonchev–Trinajstić information content (AvgIpc) is 3.11. The van der Waals surface area contributed by atoms with Crippen molar-refractivity contribution in [2.24, 2.45) is 5.14 Å². The van der Waals surface area contributed by atoms with Gasteiger partial charge in [-0.1, -0.05) is 11.6 Å². The van der Waals surface area contributed by atoms with Crippen LogP contribution in [-0.2, 0) is 30.8 Å². The van der Waals surface area contributed by atoms with Crippen molar-refractivity contribution in [3.8, 4) is 0 Å². The van der Waals surface area contributed by atoms with Gasteiger partial charge in [0.05, 0.1) is 30.0 Å². The molecular weight excluding hydrogens is 440 g/mol. The van der Waals surface area contributed by atoms with Crippen molar-refractivity contribution >= 4 is 56.7 Å². The molecule has 0 amide bonds. The molecule has 0 spiro atoms. The fraction of sp³-hybridized carbons (Fsp3) is 0.222. The van der Waals surface area contributed by atoms with E-state index in [2.05, 4.69) is 5.32 Å². The van der Waals surface area contributed by atoms with E-state index in [-0.39, 0.29) is 15.5 Å². The van der Waals surface area contributed by atoms with Crippen LogP contribution in [-0.4, -0.2) is 34.1 Å². The number of thiophene rings is 1. The fourth-order valence-electron chi connectivity index (χ4n) is 2.30. The molecule has 0 unspecified atom stereocenters. The normalized spacial score (nSPS) is 11.4. The van der Waals surface area contributed by atoms with Gasteiger partial charge in [0.25, 0.3) is 0 Å². The number of hydrogen-bond acceptors (Lipinski definition) is 8. The van der Waals surface area contributed by atoms with Gasteiger partial charge in [-0.3, -0.25) is 0 Å². The number of benzene rings is 1. The van der Waals surface area contributed by atoms with Crippen LogP contribution >= 0.6 is 22.9 Å². The monoisotopic (exact) mass is 458 g/mol. The largest absolute Gasteiger partial charge is 0.465 e. The van der Waals surface area contributed by atoms with E-state index >= 15 is 0 Å². The number of methoxy groups -OCH3 is 1. The molecule has 3 N–H and O–H groups in total. The SMILES string of the molecule is CCOC(=O)/C=C/c1ccc(CNc2cc(Cl)c(S(N)(=O)=O)cc2C(=O)OC)s1. The van der Waals surface area contributed by atoms with Gasteiger partial charge in [-0.05, 0) is 37.3 Å². The minimum atomic E-state index is -4.11. The fourth-order valence-corrected chi connectivity index (χ4v) is 4.25. The molecule has 156 valence electrons. The van der Waals surface area contributed by atoms with E-state index in [0.29, 0.717) is 18.8 Å². The zero-order valence-electron chi connectivity index (χ0n) is 15.6. The smallest absolute Gasteiger partial charge is 0.340 e. The molecule has 1 heterocycles. The van der Waals surface area contributed by atoms with Crippen molar-refractivity contribution in [1.29, 1.82) is 0 Å². The molecule has 8 nitrogen and oxygen atoms in total. The summed E-state index contributed by atoms with van der Waals surface area (Å²) in [5.41, 5.74) is 0.283. The van der Waals surface area contributed by atoms with Crippen LogP contribution in [0.15, 0.2) is 35.2 Å². The predicted molar refractivity (Wildman–Crippen MR) is 111 cm³/mol. The van der Waals surface area contributed by atoms with E-state index in [0.717, 1.165) is 15.8 Å². The zero-order chi connectivity index (χ0) is 21.6. The van der Waals surface area contributed by atoms with E-state index in [4.69, 9.17) is 26.2 Å². The number of nitrogens with two attached hydrogens (primary N) is 1. The summed E-state index contributed by atoms with van der Waals surface area (Å²) in [5.74, 6) is -1.16. The molecule has 2 aromatic rings. The second-order valence-corrected chi connectivity index (χ2v) is 8.74. The van der Waals surface area contributed by atoms with Crippen molar-refractivity contribution in [2.45, 2.75) is 18.4 Å². The summed E-state index contributed by atoms with van der Waals surface area (Å²) in [5, 5.41) is 8.05. The molecular formula is C18H19ClN2O6S2. The summed E-state index contributed by atoms with van der Waals surface area (Å²) < 4.78 is 32.8. The number of halogens is 1. The van der Waals surface area contributed by atoms with Gasteiger partial charge < -0.3 is 14.8 Å². The molecule has 0 saturated carbocycles. The summed E-state index contributed by atoms with van der Waals surface area (Å²) in [6.07, 6.45) is 2.98. The van der Waals surface area contributed by atoms with Gasteiger partial charge in [0, 0.05) is 22.4 Å². The van der Waals surface area contributed by atoms with Crippen LogP contribution < -0.4 is 10.5 Å². The lowest BCUT2D eigenvalue weighted by Gasteiger charge is -2.13. The Morgan fingerprint density at radius 2 is 2.03 bits per heavy atom. The molecule has 0 radical (unpaired) electrons. The number of primary sulfonamides is 1. The molecule has 1 aromatic heterocycles. The maximum absolute atomic E-state index is 12.1. The van der Waals surface area contributed by atoms with Crippen LogP contribution in [0.5, 0.6) is 0 Å². The third-order valence-electron chi connectivity index (χ3n) is 3.59. The van der Waals surface area contributed by atoms with Crippen molar-refractivity contribution in [2.75, 3.05) is 19.0 Å². The highest BCUT2D eigenvalue weighted by molar-refractivity contribution is 7.89. The number of rotatable bonds is 8. The Kier molecular flexibility index (Phi) is 7.80. The third-order valence-corrected chi connectivity index (χ3v) is 6.02. The van der Waals surface area contributed by atoms with Crippen molar-refractivity contribution in [3.63, 3.8) is 0 Å². The summed E-state index contributed by atoms with van der Waals surface area (Å²) in [6, 6.07) is 6.06. The highest BCUT2D eigenvalue weighted by Crippen LogP contribution is 2.29. The van der Waals surface area contributed by atoms with Crippen LogP contribution in [0.1, 0.15) is 27.0 Å². The van der Waals surface area contributed by atoms with Gasteiger partial charge in [-0.15, -0.1) is 11.3 Å². The van der Waals surface area contributed by atoms with Crippen LogP contribution in [0.4, 0.5) is 5.69 Å². The quantitative estimate of drug-likeness (QED) is 0.460. The summed E-state index contributed by atoms with van der Waals surface area (Å²) >= 11 is 7.44. The maximum Gasteiger partial charge on any atom is 0.340 e. The minimum Gasteiger partial charge on any atom is -0.465 e. The van der Waals surface area contributed by atoms with Crippen molar-refractivity contribution in [3.05, 3.63) is 50.7 Å². The first kappa shape index (κ1) is 22.9. The Labute approximate surface area is 177 Å². The first-order valence-electron chi connectivity index (χ1n) is 8.27. The summed E-state index contributed by atoms with van der Waals surface area (Å²) in [6.45, 7) is 2.36. The maximum atomic E-state index is 12.1. The van der Waals surface area contributed by atoms with Gasteiger partial charge in [-0.25, -0.2) is 23.1 Å². The third kappa shape index (κ3) is 6.29. The second kappa shape index (κ2) is 9.88. The molecule has 29 heavy (non-hydrogen) atoms. The standard InChI is InChI=1S/C18H19ClN2O6S2/c1-3-27-17(22)7-6-11-4-5-12(28-11)10-21-15-9-14(19)16(29(20,24)25)8-13(15)18(23)26-2/h4-9,21H,3,10H2,1-2H3,(H2,20,24,25)/b7-6+. The summed E-state index contributed by atoms with van der Waals surface area (Å²) in [7, 11) is -2.93. The first-order chi connectivity index (χ1) is 13.7. The van der Waals surface area contributed by atoms with Crippen molar-refractivity contribution < 1.29 is 27.5 Å². The predicted octanol–water partition coefficient (Wildman–Crippen LogP) is 3.02. The van der Waals surface area contributed by atoms with Gasteiger partial charge in [-0.2, -0.15) is 0 Å². The number of hydrogen-bond donors (Lipinski definition) is 2. The van der Waals surface area contributed by atoms with E-state index < -0.39 is 22.0 Å². The van der Waals surface area contributed by atoms with Crippen LogP contribution in [0.25, 0.3) is 6.08 Å². The zero-order valence-corrected chi connectivity index (χ0v) is 18.0. The summed E-state index contributed by atoms with van der Waals surface area (Å²) in [4.78, 5) is 24.8. The number of sulfonamides is 1. The van der Waals surface area contributed by atoms with Gasteiger partial charge in [0.2, 0.25) is 10.0 Å². The molecule has 0 bridgehead atoms. The number of nitrogens with one attached hydrogen (secondary N) is 1. The Bertz CT molecular complexity index is 1050. The molecule has 11 heteroatoms. The van der Waals surface area contributed by atoms with Crippen LogP contribution in [0.2, 0.25) is 5.02 Å². The van der Waals surface area contributed by atoms with Crippen LogP contribution in [0.3, 0.4) is 0 Å². The van der Waals surface area contributed by atoms with Gasteiger partial charge in [0.15, 0.2) is 0 Å². The van der Waals surface area contributed by atoms with Crippen molar-refractivity contribution in [1.82, 2.24) is 0 Å². The lowest BCUT2D eigenvalue weighted by Crippen LogP contribution is -2.15. The molecule has 0 atom stereocenters. The topological polar surface area (TPSA) is 125 Å². The Morgan fingerprint density at radius 1 is 1.31 bits per heavy atom. The first-order valence-corrected chi connectivity index (χ1v) is 11.0. The van der Waals surface area contributed by atoms with E-state index in [1.807, 2.05) is 12.1 Å². The van der Waals surface area contributed by atoms with E-state index in [9.17, 15) is 18.0 Å². The lowest BCUT2D eigenvalue weighted by atomic mass is 10.1. The number of carbonyl (C=O) groups is 2. The van der Waals surface area contributed by atoms with E-state index in [1.54, 1.807) is 13.0 Å². The molecule has 0 fully saturated rings. The number of esters is 2. The van der Waals surface area contributed by atoms with E-state index in [1.165, 1.54) is 30.6 Å². The Balaban J connectivity index is 2.21. The Hall–Kier alpha value is -2.40. The molecule has 1 aromatic carbocycles. The van der Waals surface area contributed by atoms with Crippen LogP contribution in [0, 0.1) is 0 Å². The Morgan fingerprint density at radius 3 is 2.66 bits per heavy atom. The molecule has 2 rings (SSSR count). The lowest BCUT2D eigenvalue weighted by molar-refractivity contribution is -0.137.